The molecule has 25 heavy (non-hydrogen) atoms. The molecular weight excluding hydrogens is 302 g/mol. The molecule has 0 saturated heterocycles. The van der Waals surface area contributed by atoms with Gasteiger partial charge in [0.2, 0.25) is 0 Å². The highest BCUT2D eigenvalue weighted by atomic mass is 14.9. The van der Waals surface area contributed by atoms with E-state index >= 15 is 0 Å². The SMILES string of the molecule is C#C.C#Cc1cccc(CNC(=C)c2ccc(C)c(/C=C\C=C)c2)c1. The lowest BCUT2D eigenvalue weighted by Crippen LogP contribution is -2.11. The van der Waals surface area contributed by atoms with Crippen molar-refractivity contribution in [2.24, 2.45) is 0 Å². The van der Waals surface area contributed by atoms with Crippen LogP contribution in [0.25, 0.3) is 11.8 Å². The van der Waals surface area contributed by atoms with Gasteiger partial charge >= 0.3 is 0 Å². The largest absolute Gasteiger partial charge is 0.381 e. The summed E-state index contributed by atoms with van der Waals surface area (Å²) in [6.45, 7) is 10.6. The molecule has 2 aromatic carbocycles. The Balaban J connectivity index is 0.00000151. The minimum absolute atomic E-state index is 0.695. The molecule has 0 aliphatic heterocycles. The van der Waals surface area contributed by atoms with Gasteiger partial charge in [-0.15, -0.1) is 19.3 Å². The first-order valence-electron chi connectivity index (χ1n) is 7.86. The van der Waals surface area contributed by atoms with Crippen LogP contribution in [0.4, 0.5) is 0 Å². The molecule has 0 atom stereocenters. The van der Waals surface area contributed by atoms with E-state index in [0.29, 0.717) is 6.54 Å². The third-order valence-electron chi connectivity index (χ3n) is 3.64. The molecule has 1 N–H and O–H groups in total. The summed E-state index contributed by atoms with van der Waals surface area (Å²) in [5, 5.41) is 3.36. The maximum atomic E-state index is 5.44. The lowest BCUT2D eigenvalue weighted by Gasteiger charge is -2.12. The Morgan fingerprint density at radius 1 is 1.20 bits per heavy atom. The quantitative estimate of drug-likeness (QED) is 0.569. The second-order valence-corrected chi connectivity index (χ2v) is 5.34. The molecule has 0 heterocycles. The summed E-state index contributed by atoms with van der Waals surface area (Å²) in [6, 6.07) is 14.3. The van der Waals surface area contributed by atoms with E-state index in [2.05, 4.69) is 74.5 Å². The molecule has 1 nitrogen and oxygen atoms in total. The van der Waals surface area contributed by atoms with E-state index in [4.69, 9.17) is 6.42 Å². The first kappa shape index (κ1) is 19.6. The zero-order valence-corrected chi connectivity index (χ0v) is 14.6. The summed E-state index contributed by atoms with van der Waals surface area (Å²) in [7, 11) is 0. The molecule has 0 aliphatic rings. The number of allylic oxidation sites excluding steroid dienone is 2. The smallest absolute Gasteiger partial charge is 0.0401 e. The van der Waals surface area contributed by atoms with Crippen LogP contribution in [0, 0.1) is 32.1 Å². The molecule has 1 heteroatoms. The van der Waals surface area contributed by atoms with Crippen LogP contribution in [0.1, 0.15) is 27.8 Å². The van der Waals surface area contributed by atoms with Crippen LogP contribution < -0.4 is 5.32 Å². The highest BCUT2D eigenvalue weighted by Crippen LogP contribution is 2.18. The van der Waals surface area contributed by atoms with Crippen molar-refractivity contribution < 1.29 is 0 Å². The van der Waals surface area contributed by atoms with Crippen molar-refractivity contribution in [2.75, 3.05) is 0 Å². The monoisotopic (exact) mass is 325 g/mol. The molecule has 0 bridgehead atoms. The highest BCUT2D eigenvalue weighted by molar-refractivity contribution is 5.67. The molecule has 0 fully saturated rings. The predicted octanol–water partition coefficient (Wildman–Crippen LogP) is 5.19. The number of hydrogen-bond acceptors (Lipinski definition) is 1. The maximum Gasteiger partial charge on any atom is 0.0401 e. The van der Waals surface area contributed by atoms with Gasteiger partial charge < -0.3 is 5.32 Å². The Morgan fingerprint density at radius 2 is 1.96 bits per heavy atom. The number of aryl methyl sites for hydroxylation is 1. The van der Waals surface area contributed by atoms with Gasteiger partial charge in [0.25, 0.3) is 0 Å². The zero-order chi connectivity index (χ0) is 18.7. The van der Waals surface area contributed by atoms with E-state index in [0.717, 1.165) is 22.4 Å². The molecule has 0 unspecified atom stereocenters. The Morgan fingerprint density at radius 3 is 2.64 bits per heavy atom. The van der Waals surface area contributed by atoms with Crippen molar-refractivity contribution in [3.63, 3.8) is 0 Å². The second kappa shape index (κ2) is 10.4. The molecular formula is C24H23N. The summed E-state index contributed by atoms with van der Waals surface area (Å²) in [6.07, 6.45) is 19.2. The van der Waals surface area contributed by atoms with Gasteiger partial charge in [0.1, 0.15) is 0 Å². The summed E-state index contributed by atoms with van der Waals surface area (Å²) >= 11 is 0. The van der Waals surface area contributed by atoms with Gasteiger partial charge in [-0.05, 0) is 47.4 Å². The van der Waals surface area contributed by atoms with Gasteiger partial charge in [-0.2, -0.15) is 0 Å². The van der Waals surface area contributed by atoms with Gasteiger partial charge in [0, 0.05) is 17.8 Å². The molecule has 0 saturated carbocycles. The summed E-state index contributed by atoms with van der Waals surface area (Å²) < 4.78 is 0. The molecule has 2 aromatic rings. The van der Waals surface area contributed by atoms with Gasteiger partial charge in [-0.3, -0.25) is 0 Å². The van der Waals surface area contributed by atoms with Crippen LogP contribution in [-0.2, 0) is 6.54 Å². The standard InChI is InChI=1S/C22H21N.C2H2/c1-5-7-11-21-15-22(13-12-17(21)3)18(4)23-16-20-10-8-9-19(6-2)14-20;1-2/h2,5,7-15,23H,1,4,16H2,3H3;1-2H/b11-7-;. The number of hydrogen-bond donors (Lipinski definition) is 1. The fraction of sp³-hybridized carbons (Fsp3) is 0.0833. The van der Waals surface area contributed by atoms with E-state index in [1.165, 1.54) is 11.1 Å². The number of terminal acetylenes is 2. The summed E-state index contributed by atoms with van der Waals surface area (Å²) in [4.78, 5) is 0. The van der Waals surface area contributed by atoms with E-state index in [9.17, 15) is 0 Å². The Hall–Kier alpha value is -3.42. The summed E-state index contributed by atoms with van der Waals surface area (Å²) in [5.41, 5.74) is 6.39. The molecule has 0 radical (unpaired) electrons. The third-order valence-corrected chi connectivity index (χ3v) is 3.64. The Kier molecular flexibility index (Phi) is 8.14. The second-order valence-electron chi connectivity index (χ2n) is 5.34. The van der Waals surface area contributed by atoms with Crippen LogP contribution in [0.5, 0.6) is 0 Å². The van der Waals surface area contributed by atoms with Crippen molar-refractivity contribution >= 4 is 11.8 Å². The van der Waals surface area contributed by atoms with E-state index < -0.39 is 0 Å². The average Bonchev–Trinajstić information content (AvgIpc) is 2.67. The van der Waals surface area contributed by atoms with Gasteiger partial charge in [0.05, 0.1) is 0 Å². The lowest BCUT2D eigenvalue weighted by atomic mass is 10.0. The Labute approximate surface area is 151 Å². The van der Waals surface area contributed by atoms with Crippen LogP contribution in [0.15, 0.2) is 67.8 Å². The van der Waals surface area contributed by atoms with Gasteiger partial charge in [0.15, 0.2) is 0 Å². The fourth-order valence-electron chi connectivity index (χ4n) is 2.26. The van der Waals surface area contributed by atoms with Crippen molar-refractivity contribution in [3.8, 4) is 25.2 Å². The van der Waals surface area contributed by atoms with Crippen LogP contribution >= 0.6 is 0 Å². The summed E-state index contributed by atoms with van der Waals surface area (Å²) in [5.74, 6) is 2.65. The lowest BCUT2D eigenvalue weighted by molar-refractivity contribution is 0.891. The van der Waals surface area contributed by atoms with Gasteiger partial charge in [-0.1, -0.05) is 61.6 Å². The molecule has 2 rings (SSSR count). The van der Waals surface area contributed by atoms with Crippen LogP contribution in [0.3, 0.4) is 0 Å². The topological polar surface area (TPSA) is 12.0 Å². The van der Waals surface area contributed by atoms with E-state index in [-0.39, 0.29) is 0 Å². The van der Waals surface area contributed by atoms with Crippen LogP contribution in [0.2, 0.25) is 0 Å². The first-order valence-corrected chi connectivity index (χ1v) is 7.86. The van der Waals surface area contributed by atoms with Crippen molar-refractivity contribution in [1.82, 2.24) is 5.32 Å². The third kappa shape index (κ3) is 5.94. The number of benzene rings is 2. The normalized spacial score (nSPS) is 9.52. The van der Waals surface area contributed by atoms with Crippen molar-refractivity contribution in [2.45, 2.75) is 13.5 Å². The molecule has 0 amide bonds. The zero-order valence-electron chi connectivity index (χ0n) is 14.6. The molecule has 0 aliphatic carbocycles. The molecule has 0 aromatic heterocycles. The highest BCUT2D eigenvalue weighted by Gasteiger charge is 2.02. The number of rotatable bonds is 6. The number of nitrogens with one attached hydrogen (secondary N) is 1. The predicted molar refractivity (Wildman–Crippen MR) is 111 cm³/mol. The first-order chi connectivity index (χ1) is 12.1. The minimum Gasteiger partial charge on any atom is -0.381 e. The molecule has 124 valence electrons. The van der Waals surface area contributed by atoms with Crippen molar-refractivity contribution in [3.05, 3.63) is 95.6 Å². The van der Waals surface area contributed by atoms with E-state index in [1.807, 2.05) is 24.3 Å². The van der Waals surface area contributed by atoms with Gasteiger partial charge in [-0.25, -0.2) is 0 Å². The average molecular weight is 325 g/mol. The Bertz CT molecular complexity index is 829. The molecule has 0 spiro atoms. The minimum atomic E-state index is 0.695. The van der Waals surface area contributed by atoms with Crippen LogP contribution in [-0.4, -0.2) is 0 Å². The maximum absolute atomic E-state index is 5.44. The van der Waals surface area contributed by atoms with Crippen molar-refractivity contribution in [1.29, 1.82) is 0 Å². The van der Waals surface area contributed by atoms with E-state index in [1.54, 1.807) is 6.08 Å². The fourth-order valence-corrected chi connectivity index (χ4v) is 2.26.